The first-order valence-electron chi connectivity index (χ1n) is 3.27. The summed E-state index contributed by atoms with van der Waals surface area (Å²) in [6, 6.07) is 8.28. The van der Waals surface area contributed by atoms with Gasteiger partial charge in [0.25, 0.3) is 0 Å². The van der Waals surface area contributed by atoms with Crippen molar-refractivity contribution >= 4 is 79.4 Å². The van der Waals surface area contributed by atoms with Gasteiger partial charge in [-0.1, -0.05) is 24.3 Å². The van der Waals surface area contributed by atoms with Crippen LogP contribution in [0.15, 0.2) is 24.3 Å². The highest BCUT2D eigenvalue weighted by Crippen LogP contribution is 2.47. The second-order valence-corrected chi connectivity index (χ2v) is 13.6. The largest absolute Gasteiger partial charge is 0.149 e. The van der Waals surface area contributed by atoms with Gasteiger partial charge in [0, 0.05) is 5.88 Å². The zero-order valence-electron chi connectivity index (χ0n) is 6.03. The summed E-state index contributed by atoms with van der Waals surface area (Å²) in [4.78, 5) is 0. The molecule has 0 aliphatic carbocycles. The molecule has 0 aliphatic heterocycles. The highest BCUT2D eigenvalue weighted by molar-refractivity contribution is 14.3. The molecule has 4 heteroatoms. The average Bonchev–Trinajstić information content (AvgIpc) is 2.03. The van der Waals surface area contributed by atoms with Crippen molar-refractivity contribution in [1.29, 1.82) is 0 Å². The van der Waals surface area contributed by atoms with E-state index in [1.807, 2.05) is 6.07 Å². The predicted molar refractivity (Wildman–Crippen MR) is 79.7 cm³/mol. The lowest BCUT2D eigenvalue weighted by molar-refractivity contribution is 1.28. The number of alkyl halides is 4. The molecule has 0 aromatic heterocycles. The van der Waals surface area contributed by atoms with Crippen LogP contribution in [0.3, 0.4) is 0 Å². The molecule has 0 bridgehead atoms. The molecule has 1 aromatic carbocycles. The molecule has 0 heterocycles. The Morgan fingerprint density at radius 3 is 2.17 bits per heavy atom. The Kier molecular flexibility index (Phi) is 4.88. The summed E-state index contributed by atoms with van der Waals surface area (Å²) in [6.07, 6.45) is 0. The summed E-state index contributed by atoms with van der Waals surface area (Å²) in [7, 11) is 0. The van der Waals surface area contributed by atoms with E-state index in [0.717, 1.165) is 0 Å². The maximum absolute atomic E-state index is 5.83. The van der Waals surface area contributed by atoms with E-state index in [0.29, 0.717) is 5.88 Å². The zero-order valence-corrected chi connectivity index (χ0v) is 13.3. The van der Waals surface area contributed by atoms with Crippen molar-refractivity contribution in [3.63, 3.8) is 0 Å². The van der Waals surface area contributed by atoms with Crippen LogP contribution in [0.5, 0.6) is 0 Å². The van der Waals surface area contributed by atoms with Crippen molar-refractivity contribution in [2.24, 2.45) is 0 Å². The molecular formula is C8H6ClI3. The number of hydrogen-bond donors (Lipinski definition) is 0. The number of halogens is 4. The van der Waals surface area contributed by atoms with Gasteiger partial charge in [-0.15, -0.1) is 11.6 Å². The van der Waals surface area contributed by atoms with Gasteiger partial charge in [-0.05, 0) is 78.9 Å². The average molecular weight is 518 g/mol. The Morgan fingerprint density at radius 1 is 1.17 bits per heavy atom. The van der Waals surface area contributed by atoms with Crippen molar-refractivity contribution in [2.75, 3.05) is 0 Å². The number of benzene rings is 1. The van der Waals surface area contributed by atoms with Gasteiger partial charge in [0.15, 0.2) is 0 Å². The van der Waals surface area contributed by atoms with E-state index in [9.17, 15) is 0 Å². The fraction of sp³-hybridized carbons (Fsp3) is 0.250. The smallest absolute Gasteiger partial charge is 0.122 e. The highest BCUT2D eigenvalue weighted by atomic mass is 127. The van der Waals surface area contributed by atoms with Gasteiger partial charge in [-0.25, -0.2) is 0 Å². The van der Waals surface area contributed by atoms with Crippen LogP contribution in [0.4, 0.5) is 0 Å². The molecular weight excluding hydrogens is 512 g/mol. The summed E-state index contributed by atoms with van der Waals surface area (Å²) in [5.74, 6) is 0.590. The third-order valence-electron chi connectivity index (χ3n) is 1.47. The molecule has 0 unspecified atom stereocenters. The topological polar surface area (TPSA) is 0 Å². The van der Waals surface area contributed by atoms with Gasteiger partial charge >= 0.3 is 0 Å². The second kappa shape index (κ2) is 4.97. The molecule has 0 N–H and O–H groups in total. The molecule has 0 spiro atoms. The minimum atomic E-state index is 0.110. The molecule has 0 radical (unpaired) electrons. The van der Waals surface area contributed by atoms with E-state index in [1.165, 1.54) is 11.1 Å². The van der Waals surface area contributed by atoms with Gasteiger partial charge in [-0.3, -0.25) is 0 Å². The van der Waals surface area contributed by atoms with Gasteiger partial charge in [0.1, 0.15) is -0.565 Å². The van der Waals surface area contributed by atoms with Crippen LogP contribution in [0, 0.1) is 0 Å². The molecule has 1 rings (SSSR count). The fourth-order valence-electron chi connectivity index (χ4n) is 0.913. The summed E-state index contributed by atoms with van der Waals surface area (Å²) < 4.78 is 0.110. The van der Waals surface area contributed by atoms with Crippen molar-refractivity contribution in [2.45, 2.75) is 5.32 Å². The van der Waals surface area contributed by atoms with Crippen LogP contribution >= 0.6 is 79.4 Å². The molecule has 0 nitrogen and oxygen atoms in total. The normalized spacial score (nSPS) is 11.7. The minimum absolute atomic E-state index is 0.110. The lowest BCUT2D eigenvalue weighted by Crippen LogP contribution is -2.01. The molecule has 0 aliphatic rings. The van der Waals surface area contributed by atoms with Crippen LogP contribution < -0.4 is 0 Å². The molecule has 0 atom stereocenters. The summed E-state index contributed by atoms with van der Waals surface area (Å²) in [6.45, 7) is 0. The lowest BCUT2D eigenvalue weighted by atomic mass is 10.1. The minimum Gasteiger partial charge on any atom is -0.122 e. The van der Waals surface area contributed by atoms with Crippen molar-refractivity contribution in [1.82, 2.24) is 0 Å². The molecule has 0 saturated carbocycles. The van der Waals surface area contributed by atoms with E-state index in [1.54, 1.807) is 0 Å². The summed E-state index contributed by atoms with van der Waals surface area (Å²) in [5.41, 5.74) is 2.53. The Morgan fingerprint density at radius 2 is 1.75 bits per heavy atom. The van der Waals surface area contributed by atoms with Crippen LogP contribution in [0.2, 0.25) is 0 Å². The van der Waals surface area contributed by atoms with Crippen LogP contribution in [-0.2, 0) is 5.32 Å². The van der Waals surface area contributed by atoms with E-state index < -0.39 is 0 Å². The van der Waals surface area contributed by atoms with E-state index in [2.05, 4.69) is 86.0 Å². The van der Waals surface area contributed by atoms with Crippen LogP contribution in [0.1, 0.15) is 11.1 Å². The van der Waals surface area contributed by atoms with Crippen LogP contribution in [0.25, 0.3) is 0 Å². The molecule has 1 aromatic rings. The first-order valence-corrected chi connectivity index (χ1v) is 7.04. The zero-order chi connectivity index (χ0) is 9.19. The van der Waals surface area contributed by atoms with Gasteiger partial charge in [-0.2, -0.15) is 0 Å². The SMILES string of the molecule is ClCc1ccccc1C(I)(I)I. The van der Waals surface area contributed by atoms with Crippen molar-refractivity contribution < 1.29 is 0 Å². The number of hydrogen-bond acceptors (Lipinski definition) is 0. The van der Waals surface area contributed by atoms with Gasteiger partial charge in [0.2, 0.25) is 0 Å². The van der Waals surface area contributed by atoms with Gasteiger partial charge < -0.3 is 0 Å². The summed E-state index contributed by atoms with van der Waals surface area (Å²) in [5, 5.41) is 0. The second-order valence-electron chi connectivity index (χ2n) is 2.29. The Balaban J connectivity index is 3.14. The quantitative estimate of drug-likeness (QED) is 0.389. The number of rotatable bonds is 2. The summed E-state index contributed by atoms with van der Waals surface area (Å²) >= 11 is 13.0. The third-order valence-corrected chi connectivity index (χ3v) is 3.50. The first kappa shape index (κ1) is 11.8. The van der Waals surface area contributed by atoms with E-state index >= 15 is 0 Å². The predicted octanol–water partition coefficient (Wildman–Crippen LogP) is 4.84. The van der Waals surface area contributed by atoms with Crippen molar-refractivity contribution in [3.8, 4) is 0 Å². The monoisotopic (exact) mass is 518 g/mol. The highest BCUT2D eigenvalue weighted by Gasteiger charge is 2.22. The molecule has 0 fully saturated rings. The van der Waals surface area contributed by atoms with Crippen molar-refractivity contribution in [3.05, 3.63) is 35.4 Å². The molecule has 66 valence electrons. The molecule has 0 saturated heterocycles. The Bertz CT molecular complexity index is 267. The molecule has 0 amide bonds. The van der Waals surface area contributed by atoms with Crippen LogP contribution in [-0.4, -0.2) is 0 Å². The maximum Gasteiger partial charge on any atom is 0.149 e. The molecule has 12 heavy (non-hydrogen) atoms. The van der Waals surface area contributed by atoms with E-state index in [-0.39, 0.29) is -0.565 Å². The third kappa shape index (κ3) is 3.13. The maximum atomic E-state index is 5.83. The van der Waals surface area contributed by atoms with Gasteiger partial charge in [0.05, 0.1) is 0 Å². The fourth-order valence-corrected chi connectivity index (χ4v) is 2.73. The standard InChI is InChI=1S/C8H6ClI3/c9-5-6-3-1-2-4-7(6)8(10,11)12/h1-4H,5H2. The van der Waals surface area contributed by atoms with E-state index in [4.69, 9.17) is 11.6 Å². The first-order chi connectivity index (χ1) is 5.55. The lowest BCUT2D eigenvalue weighted by Gasteiger charge is -2.15. The Hall–Kier alpha value is 1.70. The Labute approximate surface area is 118 Å².